The Morgan fingerprint density at radius 3 is 2.73 bits per heavy atom. The lowest BCUT2D eigenvalue weighted by Gasteiger charge is -2.18. The van der Waals surface area contributed by atoms with E-state index in [2.05, 4.69) is 34.1 Å². The SMILES string of the molecule is O=C(CCCCC1CCSS1)NCCCCCCCCN=c1c2ccccc2nc2n1CCCCCC2. The summed E-state index contributed by atoms with van der Waals surface area (Å²) < 4.78 is 2.41. The molecule has 37 heavy (non-hydrogen) atoms. The van der Waals surface area contributed by atoms with Crippen molar-refractivity contribution in [1.82, 2.24) is 14.9 Å². The van der Waals surface area contributed by atoms with Gasteiger partial charge in [-0.15, -0.1) is 0 Å². The summed E-state index contributed by atoms with van der Waals surface area (Å²) in [5.74, 6) is 2.76. The molecule has 0 spiro atoms. The summed E-state index contributed by atoms with van der Waals surface area (Å²) in [6.45, 7) is 2.77. The van der Waals surface area contributed by atoms with Crippen LogP contribution in [0.3, 0.4) is 0 Å². The van der Waals surface area contributed by atoms with E-state index in [0.29, 0.717) is 6.42 Å². The van der Waals surface area contributed by atoms with Gasteiger partial charge in [-0.2, -0.15) is 0 Å². The van der Waals surface area contributed by atoms with Gasteiger partial charge in [-0.25, -0.2) is 4.98 Å². The largest absolute Gasteiger partial charge is 0.356 e. The van der Waals surface area contributed by atoms with Gasteiger partial charge < -0.3 is 9.88 Å². The maximum atomic E-state index is 12.0. The molecule has 0 bridgehead atoms. The molecule has 1 atom stereocenters. The van der Waals surface area contributed by atoms with Crippen LogP contribution in [0.5, 0.6) is 0 Å². The summed E-state index contributed by atoms with van der Waals surface area (Å²) in [7, 11) is 4.05. The molecule has 1 fully saturated rings. The first-order valence-corrected chi connectivity index (χ1v) is 17.2. The van der Waals surface area contributed by atoms with Crippen molar-refractivity contribution in [2.75, 3.05) is 18.8 Å². The second-order valence-corrected chi connectivity index (χ2v) is 13.4. The van der Waals surface area contributed by atoms with Gasteiger partial charge in [0.05, 0.1) is 5.52 Å². The molecule has 0 aliphatic carbocycles. The van der Waals surface area contributed by atoms with E-state index in [1.165, 1.54) is 87.6 Å². The van der Waals surface area contributed by atoms with Gasteiger partial charge in [0.1, 0.15) is 11.3 Å². The molecule has 7 heteroatoms. The number of carbonyl (C=O) groups excluding carboxylic acids is 1. The molecule has 2 aliphatic heterocycles. The van der Waals surface area contributed by atoms with Gasteiger partial charge in [-0.1, -0.05) is 78.7 Å². The van der Waals surface area contributed by atoms with E-state index in [-0.39, 0.29) is 5.91 Å². The molecular formula is C30H46N4OS2. The Balaban J connectivity index is 1.09. The van der Waals surface area contributed by atoms with Gasteiger partial charge in [-0.3, -0.25) is 9.79 Å². The smallest absolute Gasteiger partial charge is 0.219 e. The Hall–Kier alpha value is -1.47. The number of carbonyl (C=O) groups is 1. The lowest BCUT2D eigenvalue weighted by atomic mass is 10.1. The van der Waals surface area contributed by atoms with Crippen molar-refractivity contribution in [2.24, 2.45) is 4.99 Å². The number of amides is 1. The molecule has 4 rings (SSSR count). The minimum absolute atomic E-state index is 0.241. The lowest BCUT2D eigenvalue weighted by Crippen LogP contribution is -2.28. The maximum Gasteiger partial charge on any atom is 0.219 e. The van der Waals surface area contributed by atoms with Gasteiger partial charge in [-0.05, 0) is 57.1 Å². The molecule has 5 nitrogen and oxygen atoms in total. The molecule has 2 aromatic rings. The quantitative estimate of drug-likeness (QED) is 0.202. The minimum atomic E-state index is 0.241. The minimum Gasteiger partial charge on any atom is -0.356 e. The van der Waals surface area contributed by atoms with E-state index in [1.807, 2.05) is 21.6 Å². The van der Waals surface area contributed by atoms with Crippen LogP contribution in [0, 0.1) is 0 Å². The number of aryl methyl sites for hydroxylation is 1. The number of para-hydroxylation sites is 1. The molecule has 3 heterocycles. The van der Waals surface area contributed by atoms with E-state index in [0.717, 1.165) is 61.6 Å². The number of unbranched alkanes of at least 4 members (excludes halogenated alkanes) is 6. The van der Waals surface area contributed by atoms with E-state index in [4.69, 9.17) is 9.98 Å². The third-order valence-electron chi connectivity index (χ3n) is 7.57. The Morgan fingerprint density at radius 1 is 1.00 bits per heavy atom. The van der Waals surface area contributed by atoms with Crippen molar-refractivity contribution in [3.05, 3.63) is 35.6 Å². The number of hydrogen-bond donors (Lipinski definition) is 1. The second kappa shape index (κ2) is 16.5. The number of benzene rings is 1. The highest BCUT2D eigenvalue weighted by molar-refractivity contribution is 8.77. The van der Waals surface area contributed by atoms with Crippen molar-refractivity contribution in [1.29, 1.82) is 0 Å². The van der Waals surface area contributed by atoms with Gasteiger partial charge >= 0.3 is 0 Å². The van der Waals surface area contributed by atoms with Crippen LogP contribution in [-0.4, -0.2) is 39.6 Å². The van der Waals surface area contributed by atoms with Crippen LogP contribution in [0.4, 0.5) is 0 Å². The molecule has 1 unspecified atom stereocenters. The molecular weight excluding hydrogens is 496 g/mol. The second-order valence-electron chi connectivity index (χ2n) is 10.6. The summed E-state index contributed by atoms with van der Waals surface area (Å²) in [6.07, 6.45) is 18.8. The number of fused-ring (bicyclic) bond motifs is 2. The number of nitrogens with zero attached hydrogens (tertiary/aromatic N) is 3. The average Bonchev–Trinajstić information content (AvgIpc) is 3.42. The molecule has 2 aliphatic rings. The molecule has 0 radical (unpaired) electrons. The van der Waals surface area contributed by atoms with Gasteiger partial charge in [0.25, 0.3) is 0 Å². The van der Waals surface area contributed by atoms with Crippen molar-refractivity contribution in [2.45, 2.75) is 115 Å². The summed E-state index contributed by atoms with van der Waals surface area (Å²) in [5, 5.41) is 5.14. The van der Waals surface area contributed by atoms with E-state index in [9.17, 15) is 4.79 Å². The number of aromatic nitrogens is 2. The third-order valence-corrected chi connectivity index (χ3v) is 10.6. The Kier molecular flexibility index (Phi) is 12.7. The first-order valence-electron chi connectivity index (χ1n) is 14.9. The molecule has 1 saturated heterocycles. The molecule has 204 valence electrons. The van der Waals surface area contributed by atoms with Crippen LogP contribution >= 0.6 is 21.6 Å². The van der Waals surface area contributed by atoms with Crippen LogP contribution in [0.1, 0.15) is 102 Å². The number of rotatable bonds is 14. The average molecular weight is 543 g/mol. The first-order chi connectivity index (χ1) is 18.3. The van der Waals surface area contributed by atoms with Gasteiger partial charge in [0.2, 0.25) is 5.91 Å². The van der Waals surface area contributed by atoms with Crippen molar-refractivity contribution in [3.8, 4) is 0 Å². The van der Waals surface area contributed by atoms with E-state index < -0.39 is 0 Å². The van der Waals surface area contributed by atoms with Crippen molar-refractivity contribution in [3.63, 3.8) is 0 Å². The molecule has 0 saturated carbocycles. The van der Waals surface area contributed by atoms with Crippen LogP contribution in [0.2, 0.25) is 0 Å². The summed E-state index contributed by atoms with van der Waals surface area (Å²) >= 11 is 0. The molecule has 1 aromatic heterocycles. The van der Waals surface area contributed by atoms with E-state index in [1.54, 1.807) is 0 Å². The Morgan fingerprint density at radius 2 is 1.84 bits per heavy atom. The van der Waals surface area contributed by atoms with Gasteiger partial charge in [0.15, 0.2) is 0 Å². The van der Waals surface area contributed by atoms with Gasteiger partial charge in [0, 0.05) is 48.9 Å². The zero-order valence-electron chi connectivity index (χ0n) is 22.6. The highest BCUT2D eigenvalue weighted by Gasteiger charge is 2.16. The summed E-state index contributed by atoms with van der Waals surface area (Å²) in [4.78, 5) is 22.1. The zero-order valence-corrected chi connectivity index (χ0v) is 24.2. The summed E-state index contributed by atoms with van der Waals surface area (Å²) in [6, 6.07) is 8.51. The third kappa shape index (κ3) is 9.65. The fraction of sp³-hybridized carbons (Fsp3) is 0.700. The van der Waals surface area contributed by atoms with Crippen LogP contribution in [0.15, 0.2) is 29.3 Å². The fourth-order valence-corrected chi connectivity index (χ4v) is 8.42. The van der Waals surface area contributed by atoms with Crippen molar-refractivity contribution >= 4 is 38.4 Å². The topological polar surface area (TPSA) is 59.3 Å². The highest BCUT2D eigenvalue weighted by Crippen LogP contribution is 2.39. The standard InChI is InChI=1S/C30H46N4OS2/c35-29(19-11-8-15-25-20-24-36-37-25)31-21-12-4-1-2-5-13-22-32-30-26-16-9-10-17-27(26)33-28-18-7-3-6-14-23-34(28)30/h9-10,16-17,25H,1-8,11-15,18-24H2,(H,31,35). The van der Waals surface area contributed by atoms with Crippen LogP contribution < -0.4 is 10.8 Å². The number of nitrogens with one attached hydrogen (secondary N) is 1. The summed E-state index contributed by atoms with van der Waals surface area (Å²) in [5.41, 5.74) is 2.23. The first kappa shape index (κ1) is 28.5. The Bertz CT molecular complexity index is 1030. The predicted octanol–water partition coefficient (Wildman–Crippen LogP) is 7.22. The fourth-order valence-electron chi connectivity index (χ4n) is 5.40. The molecule has 1 N–H and O–H groups in total. The lowest BCUT2D eigenvalue weighted by molar-refractivity contribution is -0.121. The normalized spacial score (nSPS) is 18.5. The molecule has 1 amide bonds. The van der Waals surface area contributed by atoms with E-state index >= 15 is 0 Å². The zero-order chi connectivity index (χ0) is 25.5. The van der Waals surface area contributed by atoms with Crippen LogP contribution in [-0.2, 0) is 17.8 Å². The monoisotopic (exact) mass is 542 g/mol. The van der Waals surface area contributed by atoms with Crippen molar-refractivity contribution < 1.29 is 4.79 Å². The highest BCUT2D eigenvalue weighted by atomic mass is 33.1. The predicted molar refractivity (Wildman–Crippen MR) is 160 cm³/mol. The number of hydrogen-bond acceptors (Lipinski definition) is 5. The maximum absolute atomic E-state index is 12.0. The Labute approximate surface area is 231 Å². The van der Waals surface area contributed by atoms with Crippen LogP contribution in [0.25, 0.3) is 10.9 Å². The molecule has 1 aromatic carbocycles.